The molecule has 1 saturated heterocycles. The molecular weight excluding hydrogens is 282 g/mol. The Labute approximate surface area is 132 Å². The lowest BCUT2D eigenvalue weighted by atomic mass is 9.89. The summed E-state index contributed by atoms with van der Waals surface area (Å²) >= 11 is 0. The van der Waals surface area contributed by atoms with Crippen LogP contribution in [0, 0.1) is 16.7 Å². The van der Waals surface area contributed by atoms with Crippen molar-refractivity contribution < 1.29 is 14.4 Å². The highest BCUT2D eigenvalue weighted by atomic mass is 16.2. The molecule has 1 aliphatic rings. The normalized spacial score (nSPS) is 17.2. The molecule has 0 atom stereocenters. The molecule has 1 heterocycles. The van der Waals surface area contributed by atoms with Gasteiger partial charge >= 0.3 is 0 Å². The van der Waals surface area contributed by atoms with Crippen LogP contribution >= 0.6 is 0 Å². The minimum absolute atomic E-state index is 0.0582. The highest BCUT2D eigenvalue weighted by molar-refractivity contribution is 5.84. The number of nitrogens with two attached hydrogens (primary N) is 1. The van der Waals surface area contributed by atoms with Crippen LogP contribution in [0.3, 0.4) is 0 Å². The number of carbonyl (C=O) groups is 3. The summed E-state index contributed by atoms with van der Waals surface area (Å²) in [6.07, 6.45) is 1.31. The van der Waals surface area contributed by atoms with Gasteiger partial charge in [-0.1, -0.05) is 20.8 Å². The van der Waals surface area contributed by atoms with E-state index in [4.69, 9.17) is 5.73 Å². The zero-order chi connectivity index (χ0) is 17.1. The SMILES string of the molecule is CC(C)(C)C(=O)N1CCC(C(=O)NCC(C)(C)C(N)=O)CC1. The Bertz CT molecular complexity index is 444. The molecule has 1 aliphatic heterocycles. The van der Waals surface area contributed by atoms with Crippen molar-refractivity contribution in [3.63, 3.8) is 0 Å². The standard InChI is InChI=1S/C16H29N3O3/c1-15(2,3)14(22)19-8-6-11(7-9-19)12(20)18-10-16(4,5)13(17)21/h11H,6-10H2,1-5H3,(H2,17,21)(H,18,20). The van der Waals surface area contributed by atoms with Crippen molar-refractivity contribution in [1.82, 2.24) is 10.2 Å². The average Bonchev–Trinajstić information content (AvgIpc) is 2.43. The monoisotopic (exact) mass is 311 g/mol. The molecule has 0 radical (unpaired) electrons. The summed E-state index contributed by atoms with van der Waals surface area (Å²) in [5.41, 5.74) is 4.15. The van der Waals surface area contributed by atoms with Crippen molar-refractivity contribution >= 4 is 17.7 Å². The number of amides is 3. The predicted octanol–water partition coefficient (Wildman–Crippen LogP) is 0.899. The number of primary amides is 1. The minimum Gasteiger partial charge on any atom is -0.369 e. The van der Waals surface area contributed by atoms with Crippen LogP contribution in [0.1, 0.15) is 47.5 Å². The molecule has 3 amide bonds. The van der Waals surface area contributed by atoms with Gasteiger partial charge in [0.2, 0.25) is 17.7 Å². The van der Waals surface area contributed by atoms with E-state index in [1.807, 2.05) is 25.7 Å². The second kappa shape index (κ2) is 6.67. The molecule has 0 unspecified atom stereocenters. The maximum atomic E-state index is 12.2. The molecule has 0 bridgehead atoms. The third-order valence-electron chi connectivity index (χ3n) is 4.17. The van der Waals surface area contributed by atoms with E-state index < -0.39 is 11.3 Å². The Morgan fingerprint density at radius 2 is 1.59 bits per heavy atom. The lowest BCUT2D eigenvalue weighted by Gasteiger charge is -2.35. The third-order valence-corrected chi connectivity index (χ3v) is 4.17. The number of piperidine rings is 1. The molecule has 0 aromatic carbocycles. The Morgan fingerprint density at radius 1 is 1.09 bits per heavy atom. The fourth-order valence-electron chi connectivity index (χ4n) is 2.36. The second-order valence-corrected chi connectivity index (χ2v) is 7.78. The van der Waals surface area contributed by atoms with Gasteiger partial charge in [-0.3, -0.25) is 14.4 Å². The first-order valence-corrected chi connectivity index (χ1v) is 7.82. The smallest absolute Gasteiger partial charge is 0.227 e. The molecular formula is C16H29N3O3. The fraction of sp³-hybridized carbons (Fsp3) is 0.812. The molecule has 0 spiro atoms. The summed E-state index contributed by atoms with van der Waals surface area (Å²) < 4.78 is 0. The van der Waals surface area contributed by atoms with Gasteiger partial charge < -0.3 is 16.0 Å². The van der Waals surface area contributed by atoms with Gasteiger partial charge in [0.15, 0.2) is 0 Å². The van der Waals surface area contributed by atoms with E-state index in [-0.39, 0.29) is 29.7 Å². The van der Waals surface area contributed by atoms with Crippen molar-refractivity contribution in [2.75, 3.05) is 19.6 Å². The fourth-order valence-corrected chi connectivity index (χ4v) is 2.36. The van der Waals surface area contributed by atoms with Crippen LogP contribution in [-0.2, 0) is 14.4 Å². The Morgan fingerprint density at radius 3 is 2.00 bits per heavy atom. The molecule has 0 aromatic heterocycles. The topological polar surface area (TPSA) is 92.5 Å². The van der Waals surface area contributed by atoms with Gasteiger partial charge in [-0.05, 0) is 26.7 Å². The van der Waals surface area contributed by atoms with Crippen molar-refractivity contribution in [3.8, 4) is 0 Å². The van der Waals surface area contributed by atoms with E-state index in [0.717, 1.165) is 0 Å². The number of nitrogens with zero attached hydrogens (tertiary/aromatic N) is 1. The quantitative estimate of drug-likeness (QED) is 0.808. The van der Waals surface area contributed by atoms with Crippen LogP contribution < -0.4 is 11.1 Å². The zero-order valence-electron chi connectivity index (χ0n) is 14.4. The maximum absolute atomic E-state index is 12.2. The number of hydrogen-bond acceptors (Lipinski definition) is 3. The van der Waals surface area contributed by atoms with Gasteiger partial charge in [-0.15, -0.1) is 0 Å². The van der Waals surface area contributed by atoms with Crippen LogP contribution in [0.25, 0.3) is 0 Å². The highest BCUT2D eigenvalue weighted by Crippen LogP contribution is 2.24. The summed E-state index contributed by atoms with van der Waals surface area (Å²) in [6, 6.07) is 0. The van der Waals surface area contributed by atoms with Crippen molar-refractivity contribution in [2.24, 2.45) is 22.5 Å². The van der Waals surface area contributed by atoms with E-state index in [2.05, 4.69) is 5.32 Å². The number of likely N-dealkylation sites (tertiary alicyclic amines) is 1. The lowest BCUT2D eigenvalue weighted by Crippen LogP contribution is -2.48. The minimum atomic E-state index is -0.751. The van der Waals surface area contributed by atoms with E-state index in [0.29, 0.717) is 25.9 Å². The molecule has 0 aliphatic carbocycles. The summed E-state index contributed by atoms with van der Waals surface area (Å²) in [5.74, 6) is -0.468. The molecule has 126 valence electrons. The largest absolute Gasteiger partial charge is 0.369 e. The number of carbonyl (C=O) groups excluding carboxylic acids is 3. The molecule has 1 fully saturated rings. The highest BCUT2D eigenvalue weighted by Gasteiger charge is 2.33. The molecule has 1 rings (SSSR count). The third kappa shape index (κ3) is 4.71. The molecule has 6 nitrogen and oxygen atoms in total. The second-order valence-electron chi connectivity index (χ2n) is 7.78. The summed E-state index contributed by atoms with van der Waals surface area (Å²) in [5, 5.41) is 2.81. The van der Waals surface area contributed by atoms with Crippen molar-refractivity contribution in [3.05, 3.63) is 0 Å². The molecule has 22 heavy (non-hydrogen) atoms. The maximum Gasteiger partial charge on any atom is 0.227 e. The van der Waals surface area contributed by atoms with Crippen LogP contribution in [0.4, 0.5) is 0 Å². The Balaban J connectivity index is 2.47. The lowest BCUT2D eigenvalue weighted by molar-refractivity contribution is -0.142. The first-order valence-electron chi connectivity index (χ1n) is 7.82. The van der Waals surface area contributed by atoms with Crippen LogP contribution in [0.5, 0.6) is 0 Å². The van der Waals surface area contributed by atoms with Gasteiger partial charge in [0, 0.05) is 31.0 Å². The van der Waals surface area contributed by atoms with Gasteiger partial charge in [0.1, 0.15) is 0 Å². The van der Waals surface area contributed by atoms with Gasteiger partial charge in [0.05, 0.1) is 5.41 Å². The Kier molecular flexibility index (Phi) is 5.59. The van der Waals surface area contributed by atoms with E-state index in [1.54, 1.807) is 13.8 Å². The van der Waals surface area contributed by atoms with E-state index >= 15 is 0 Å². The van der Waals surface area contributed by atoms with E-state index in [1.165, 1.54) is 0 Å². The molecule has 3 N–H and O–H groups in total. The van der Waals surface area contributed by atoms with Gasteiger partial charge in [-0.25, -0.2) is 0 Å². The molecule has 6 heteroatoms. The molecule has 0 saturated carbocycles. The summed E-state index contributed by atoms with van der Waals surface area (Å²) in [6.45, 7) is 10.6. The van der Waals surface area contributed by atoms with Crippen LogP contribution in [0.2, 0.25) is 0 Å². The summed E-state index contributed by atoms with van der Waals surface area (Å²) in [4.78, 5) is 37.5. The predicted molar refractivity (Wildman–Crippen MR) is 84.7 cm³/mol. The number of rotatable bonds is 4. The van der Waals surface area contributed by atoms with Crippen LogP contribution in [-0.4, -0.2) is 42.3 Å². The average molecular weight is 311 g/mol. The number of nitrogens with one attached hydrogen (secondary N) is 1. The van der Waals surface area contributed by atoms with Gasteiger partial charge in [-0.2, -0.15) is 0 Å². The first kappa shape index (κ1) is 18.5. The summed E-state index contributed by atoms with van der Waals surface area (Å²) in [7, 11) is 0. The van der Waals surface area contributed by atoms with Crippen molar-refractivity contribution in [1.29, 1.82) is 0 Å². The van der Waals surface area contributed by atoms with E-state index in [9.17, 15) is 14.4 Å². The van der Waals surface area contributed by atoms with Crippen LogP contribution in [0.15, 0.2) is 0 Å². The molecule has 0 aromatic rings. The first-order chi connectivity index (χ1) is 9.95. The zero-order valence-corrected chi connectivity index (χ0v) is 14.4. The van der Waals surface area contributed by atoms with Crippen molar-refractivity contribution in [2.45, 2.75) is 47.5 Å². The Hall–Kier alpha value is -1.59. The van der Waals surface area contributed by atoms with Gasteiger partial charge in [0.25, 0.3) is 0 Å². The number of hydrogen-bond donors (Lipinski definition) is 2.